The first kappa shape index (κ1) is 11.5. The average molecular weight is 243 g/mol. The number of rotatable bonds is 2. The molecule has 1 aliphatic rings. The highest BCUT2D eigenvalue weighted by atomic mass is 16.5. The fourth-order valence-electron chi connectivity index (χ4n) is 2.34. The topological polar surface area (TPSA) is 31.4 Å². The zero-order chi connectivity index (χ0) is 12.4. The largest absolute Gasteiger partial charge is 0.489 e. The van der Waals surface area contributed by atoms with Crippen LogP contribution in [0, 0.1) is 6.92 Å². The van der Waals surface area contributed by atoms with E-state index < -0.39 is 0 Å². The molecule has 1 saturated heterocycles. The average Bonchev–Trinajstić information content (AvgIpc) is 2.40. The summed E-state index contributed by atoms with van der Waals surface area (Å²) < 4.78 is 11.5. The lowest BCUT2D eigenvalue weighted by molar-refractivity contribution is 0.0261. The molecule has 0 N–H and O–H groups in total. The molecule has 2 heterocycles. The van der Waals surface area contributed by atoms with Gasteiger partial charge in [0.1, 0.15) is 11.9 Å². The quantitative estimate of drug-likeness (QED) is 0.812. The highest BCUT2D eigenvalue weighted by Crippen LogP contribution is 2.27. The molecule has 94 valence electrons. The van der Waals surface area contributed by atoms with Crippen LogP contribution >= 0.6 is 0 Å². The van der Waals surface area contributed by atoms with Crippen molar-refractivity contribution in [3.63, 3.8) is 0 Å². The van der Waals surface area contributed by atoms with Crippen molar-refractivity contribution < 1.29 is 9.47 Å². The summed E-state index contributed by atoms with van der Waals surface area (Å²) in [5, 5.41) is 1.09. The Kier molecular flexibility index (Phi) is 3.15. The van der Waals surface area contributed by atoms with Crippen LogP contribution in [0.2, 0.25) is 0 Å². The third-order valence-electron chi connectivity index (χ3n) is 3.27. The first-order valence-electron chi connectivity index (χ1n) is 6.44. The van der Waals surface area contributed by atoms with Gasteiger partial charge in [-0.2, -0.15) is 0 Å². The fraction of sp³-hybridized carbons (Fsp3) is 0.400. The molecule has 0 bridgehead atoms. The molecule has 0 amide bonds. The molecule has 3 nitrogen and oxygen atoms in total. The third-order valence-corrected chi connectivity index (χ3v) is 3.27. The van der Waals surface area contributed by atoms with E-state index in [9.17, 15) is 0 Å². The van der Waals surface area contributed by atoms with Crippen LogP contribution in [-0.2, 0) is 4.74 Å². The van der Waals surface area contributed by atoms with E-state index in [4.69, 9.17) is 9.47 Å². The zero-order valence-corrected chi connectivity index (χ0v) is 10.6. The Bertz CT molecular complexity index is 547. The Morgan fingerprint density at radius 2 is 2.00 bits per heavy atom. The monoisotopic (exact) mass is 243 g/mol. The van der Waals surface area contributed by atoms with Crippen LogP contribution in [-0.4, -0.2) is 24.3 Å². The van der Waals surface area contributed by atoms with Crippen LogP contribution in [0.25, 0.3) is 10.9 Å². The standard InChI is InChI=1S/C15H17NO2/c1-11-10-15(18-12-6-8-17-9-7-12)13-4-2-3-5-14(13)16-11/h2-5,10,12H,6-9H2,1H3. The van der Waals surface area contributed by atoms with Crippen LogP contribution in [0.4, 0.5) is 0 Å². The summed E-state index contributed by atoms with van der Waals surface area (Å²) in [6.45, 7) is 3.60. The highest BCUT2D eigenvalue weighted by molar-refractivity contribution is 5.85. The minimum Gasteiger partial charge on any atom is -0.489 e. The molecule has 1 aromatic carbocycles. The smallest absolute Gasteiger partial charge is 0.130 e. The van der Waals surface area contributed by atoms with Crippen molar-refractivity contribution in [3.8, 4) is 5.75 Å². The highest BCUT2D eigenvalue weighted by Gasteiger charge is 2.16. The number of hydrogen-bond acceptors (Lipinski definition) is 3. The molecule has 0 saturated carbocycles. The molecule has 18 heavy (non-hydrogen) atoms. The minimum absolute atomic E-state index is 0.268. The Hall–Kier alpha value is -1.61. The number of aromatic nitrogens is 1. The van der Waals surface area contributed by atoms with Gasteiger partial charge in [0.15, 0.2) is 0 Å². The summed E-state index contributed by atoms with van der Waals surface area (Å²) in [5.74, 6) is 0.949. The van der Waals surface area contributed by atoms with E-state index in [1.807, 2.05) is 31.2 Å². The van der Waals surface area contributed by atoms with Crippen molar-refractivity contribution >= 4 is 10.9 Å². The van der Waals surface area contributed by atoms with E-state index in [-0.39, 0.29) is 6.10 Å². The summed E-state index contributed by atoms with van der Waals surface area (Å²) in [6.07, 6.45) is 2.20. The number of ether oxygens (including phenoxy) is 2. The number of benzene rings is 1. The van der Waals surface area contributed by atoms with Crippen LogP contribution in [0.15, 0.2) is 30.3 Å². The maximum Gasteiger partial charge on any atom is 0.130 e. The molecule has 3 rings (SSSR count). The van der Waals surface area contributed by atoms with Crippen LogP contribution in [0.3, 0.4) is 0 Å². The molecule has 1 aliphatic heterocycles. The number of para-hydroxylation sites is 1. The van der Waals surface area contributed by atoms with Gasteiger partial charge in [-0.1, -0.05) is 12.1 Å². The second-order valence-electron chi connectivity index (χ2n) is 4.71. The molecule has 0 atom stereocenters. The van der Waals surface area contributed by atoms with E-state index in [2.05, 4.69) is 11.1 Å². The first-order chi connectivity index (χ1) is 8.83. The van der Waals surface area contributed by atoms with Gasteiger partial charge in [-0.3, -0.25) is 4.98 Å². The van der Waals surface area contributed by atoms with Crippen molar-refractivity contribution in [3.05, 3.63) is 36.0 Å². The molecule has 0 unspecified atom stereocenters. The molecular formula is C15H17NO2. The van der Waals surface area contributed by atoms with Gasteiger partial charge in [0, 0.05) is 30.0 Å². The van der Waals surface area contributed by atoms with Gasteiger partial charge in [0.25, 0.3) is 0 Å². The van der Waals surface area contributed by atoms with E-state index in [1.165, 1.54) is 0 Å². The molecule has 1 aromatic heterocycles. The first-order valence-corrected chi connectivity index (χ1v) is 6.44. The molecule has 3 heteroatoms. The second kappa shape index (κ2) is 4.94. The minimum atomic E-state index is 0.268. The van der Waals surface area contributed by atoms with Crippen molar-refractivity contribution in [1.29, 1.82) is 0 Å². The summed E-state index contributed by atoms with van der Waals surface area (Å²) in [7, 11) is 0. The lowest BCUT2D eigenvalue weighted by atomic mass is 10.1. The molecular weight excluding hydrogens is 226 g/mol. The number of fused-ring (bicyclic) bond motifs is 1. The summed E-state index contributed by atoms with van der Waals surface area (Å²) in [5.41, 5.74) is 2.00. The Balaban J connectivity index is 1.94. The van der Waals surface area contributed by atoms with Gasteiger partial charge in [0.2, 0.25) is 0 Å². The Labute approximate surface area is 107 Å². The maximum atomic E-state index is 6.13. The maximum absolute atomic E-state index is 6.13. The van der Waals surface area contributed by atoms with Crippen molar-refractivity contribution in [1.82, 2.24) is 4.98 Å². The van der Waals surface area contributed by atoms with Crippen LogP contribution < -0.4 is 4.74 Å². The lowest BCUT2D eigenvalue weighted by Gasteiger charge is -2.24. The van der Waals surface area contributed by atoms with Gasteiger partial charge in [0.05, 0.1) is 18.7 Å². The van der Waals surface area contributed by atoms with Gasteiger partial charge >= 0.3 is 0 Å². The molecule has 0 aliphatic carbocycles. The lowest BCUT2D eigenvalue weighted by Crippen LogP contribution is -2.26. The third kappa shape index (κ3) is 2.31. The van der Waals surface area contributed by atoms with E-state index >= 15 is 0 Å². The number of aryl methyl sites for hydroxylation is 1. The van der Waals surface area contributed by atoms with E-state index in [0.29, 0.717) is 0 Å². The van der Waals surface area contributed by atoms with Crippen molar-refractivity contribution in [2.45, 2.75) is 25.9 Å². The summed E-state index contributed by atoms with van der Waals surface area (Å²) in [6, 6.07) is 10.1. The molecule has 0 radical (unpaired) electrons. The van der Waals surface area contributed by atoms with E-state index in [1.54, 1.807) is 0 Å². The van der Waals surface area contributed by atoms with Crippen molar-refractivity contribution in [2.75, 3.05) is 13.2 Å². The number of hydrogen-bond donors (Lipinski definition) is 0. The van der Waals surface area contributed by atoms with Gasteiger partial charge < -0.3 is 9.47 Å². The SMILES string of the molecule is Cc1cc(OC2CCOCC2)c2ccccc2n1. The van der Waals surface area contributed by atoms with Gasteiger partial charge in [-0.05, 0) is 19.1 Å². The number of pyridine rings is 1. The summed E-state index contributed by atoms with van der Waals surface area (Å²) in [4.78, 5) is 4.52. The number of nitrogens with zero attached hydrogens (tertiary/aromatic N) is 1. The predicted molar refractivity (Wildman–Crippen MR) is 70.9 cm³/mol. The second-order valence-corrected chi connectivity index (χ2v) is 4.71. The van der Waals surface area contributed by atoms with Crippen LogP contribution in [0.5, 0.6) is 5.75 Å². The van der Waals surface area contributed by atoms with Crippen LogP contribution in [0.1, 0.15) is 18.5 Å². The van der Waals surface area contributed by atoms with Gasteiger partial charge in [-0.25, -0.2) is 0 Å². The van der Waals surface area contributed by atoms with Crippen molar-refractivity contribution in [2.24, 2.45) is 0 Å². The zero-order valence-electron chi connectivity index (χ0n) is 10.6. The molecule has 1 fully saturated rings. The Morgan fingerprint density at radius 1 is 1.22 bits per heavy atom. The fourth-order valence-corrected chi connectivity index (χ4v) is 2.34. The molecule has 0 spiro atoms. The van der Waals surface area contributed by atoms with E-state index in [0.717, 1.165) is 48.4 Å². The summed E-state index contributed by atoms with van der Waals surface area (Å²) >= 11 is 0. The van der Waals surface area contributed by atoms with Gasteiger partial charge in [-0.15, -0.1) is 0 Å². The predicted octanol–water partition coefficient (Wildman–Crippen LogP) is 3.10. The molecule has 2 aromatic rings. The normalized spacial score (nSPS) is 16.9. The Morgan fingerprint density at radius 3 is 2.83 bits per heavy atom.